The molecule has 0 aliphatic rings. The molecular weight excluding hydrogens is 414 g/mol. The van der Waals surface area contributed by atoms with Crippen molar-refractivity contribution in [3.8, 4) is 11.1 Å². The molecule has 1 nitrogen and oxygen atoms in total. The average Bonchev–Trinajstić information content (AvgIpc) is 3.24. The normalized spacial score (nSPS) is 11.9. The Balaban J connectivity index is 1.92. The molecule has 1 N–H and O–H groups in total. The Morgan fingerprint density at radius 3 is 2.41 bits per heavy atom. The molecule has 0 amide bonds. The molecule has 0 bridgehead atoms. The number of hydrogen-bond acceptors (Lipinski definition) is 1. The summed E-state index contributed by atoms with van der Waals surface area (Å²) >= 11 is 5.54. The predicted molar refractivity (Wildman–Crippen MR) is 122 cm³/mol. The van der Waals surface area contributed by atoms with Crippen molar-refractivity contribution in [2.24, 2.45) is 0 Å². The fourth-order valence-electron chi connectivity index (χ4n) is 4.10. The molecule has 2 heterocycles. The summed E-state index contributed by atoms with van der Waals surface area (Å²) in [5.74, 6) is 0. The zero-order chi connectivity index (χ0) is 18.0. The number of hydrogen-bond donors (Lipinski definition) is 1. The lowest BCUT2D eigenvalue weighted by atomic mass is 9.97. The Morgan fingerprint density at radius 2 is 1.52 bits per heavy atom. The molecule has 6 aromatic rings. The molecule has 0 aliphatic heterocycles. The summed E-state index contributed by atoms with van der Waals surface area (Å²) in [6.07, 6.45) is 0. The molecule has 0 aliphatic carbocycles. The Labute approximate surface area is 168 Å². The first kappa shape index (κ1) is 15.4. The first-order valence-corrected chi connectivity index (χ1v) is 10.5. The standard InChI is InChI=1S/C24H14BrNS/c25-15-10-11-19-18(12-15)23-20(26-19)13-17-16-8-4-5-9-21(16)27-24(17)22(23)14-6-2-1-3-7-14/h1-13,26H. The summed E-state index contributed by atoms with van der Waals surface area (Å²) in [6, 6.07) is 28.3. The lowest BCUT2D eigenvalue weighted by Crippen LogP contribution is -1.81. The lowest BCUT2D eigenvalue weighted by molar-refractivity contribution is 1.55. The van der Waals surface area contributed by atoms with Gasteiger partial charge in [0.05, 0.1) is 0 Å². The van der Waals surface area contributed by atoms with E-state index in [2.05, 4.69) is 99.8 Å². The maximum absolute atomic E-state index is 3.65. The highest BCUT2D eigenvalue weighted by Crippen LogP contribution is 2.46. The zero-order valence-corrected chi connectivity index (χ0v) is 16.7. The van der Waals surface area contributed by atoms with E-state index in [-0.39, 0.29) is 0 Å². The van der Waals surface area contributed by atoms with Gasteiger partial charge in [-0.3, -0.25) is 0 Å². The number of aromatic amines is 1. The molecule has 0 unspecified atom stereocenters. The number of rotatable bonds is 1. The first-order valence-electron chi connectivity index (χ1n) is 8.90. The van der Waals surface area contributed by atoms with Crippen molar-refractivity contribution in [3.05, 3.63) is 83.3 Å². The molecule has 0 spiro atoms. The Morgan fingerprint density at radius 1 is 0.704 bits per heavy atom. The maximum Gasteiger partial charge on any atom is 0.0478 e. The second-order valence-corrected chi connectivity index (χ2v) is 8.80. The van der Waals surface area contributed by atoms with Gasteiger partial charge in [-0.15, -0.1) is 11.3 Å². The minimum absolute atomic E-state index is 1.10. The number of nitrogens with one attached hydrogen (secondary N) is 1. The van der Waals surface area contributed by atoms with Gasteiger partial charge in [-0.05, 0) is 35.9 Å². The van der Waals surface area contributed by atoms with Crippen molar-refractivity contribution in [1.82, 2.24) is 4.98 Å². The van der Waals surface area contributed by atoms with Crippen LogP contribution >= 0.6 is 27.3 Å². The molecule has 0 fully saturated rings. The average molecular weight is 428 g/mol. The molecule has 0 saturated carbocycles. The van der Waals surface area contributed by atoms with E-state index in [1.807, 2.05) is 11.3 Å². The van der Waals surface area contributed by atoms with Crippen LogP contribution < -0.4 is 0 Å². The largest absolute Gasteiger partial charge is 0.354 e. The second-order valence-electron chi connectivity index (χ2n) is 6.83. The quantitative estimate of drug-likeness (QED) is 0.272. The third-order valence-electron chi connectivity index (χ3n) is 5.25. The smallest absolute Gasteiger partial charge is 0.0478 e. The summed E-state index contributed by atoms with van der Waals surface area (Å²) in [7, 11) is 0. The molecule has 0 radical (unpaired) electrons. The summed E-state index contributed by atoms with van der Waals surface area (Å²) in [5, 5.41) is 5.22. The van der Waals surface area contributed by atoms with Crippen molar-refractivity contribution >= 4 is 69.2 Å². The van der Waals surface area contributed by atoms with Crippen molar-refractivity contribution in [3.63, 3.8) is 0 Å². The van der Waals surface area contributed by atoms with Gasteiger partial charge in [-0.25, -0.2) is 0 Å². The zero-order valence-electron chi connectivity index (χ0n) is 14.3. The molecule has 0 atom stereocenters. The topological polar surface area (TPSA) is 15.8 Å². The fourth-order valence-corrected chi connectivity index (χ4v) is 5.71. The highest BCUT2D eigenvalue weighted by molar-refractivity contribution is 9.10. The van der Waals surface area contributed by atoms with Crippen molar-refractivity contribution in [1.29, 1.82) is 0 Å². The van der Waals surface area contributed by atoms with Gasteiger partial charge >= 0.3 is 0 Å². The number of thiophene rings is 1. The summed E-state index contributed by atoms with van der Waals surface area (Å²) in [5.41, 5.74) is 4.96. The van der Waals surface area contributed by atoms with Gasteiger partial charge in [-0.2, -0.15) is 0 Å². The number of fused-ring (bicyclic) bond motifs is 6. The van der Waals surface area contributed by atoms with Crippen LogP contribution in [0.3, 0.4) is 0 Å². The Bertz CT molecular complexity index is 1470. The van der Waals surface area contributed by atoms with Gasteiger partial charge in [0.2, 0.25) is 0 Å². The van der Waals surface area contributed by atoms with Gasteiger partial charge in [-0.1, -0.05) is 64.5 Å². The molecular formula is C24H14BrNS. The van der Waals surface area contributed by atoms with Crippen LogP contribution in [0.2, 0.25) is 0 Å². The third kappa shape index (κ3) is 2.22. The van der Waals surface area contributed by atoms with Crippen LogP contribution in [0.15, 0.2) is 83.3 Å². The van der Waals surface area contributed by atoms with Gasteiger partial charge in [0.25, 0.3) is 0 Å². The van der Waals surface area contributed by atoms with Crippen LogP contribution in [0.4, 0.5) is 0 Å². The minimum atomic E-state index is 1.10. The number of H-pyrrole nitrogens is 1. The van der Waals surface area contributed by atoms with Crippen LogP contribution in [0.1, 0.15) is 0 Å². The number of benzene rings is 4. The van der Waals surface area contributed by atoms with Gasteiger partial charge in [0.15, 0.2) is 0 Å². The minimum Gasteiger partial charge on any atom is -0.354 e. The van der Waals surface area contributed by atoms with Crippen molar-refractivity contribution in [2.45, 2.75) is 0 Å². The van der Waals surface area contributed by atoms with Crippen molar-refractivity contribution in [2.75, 3.05) is 0 Å². The monoisotopic (exact) mass is 427 g/mol. The SMILES string of the molecule is Brc1ccc2[nH]c3cc4c(sc5ccccc54)c(-c4ccccc4)c3c2c1. The van der Waals surface area contributed by atoms with Crippen LogP contribution in [0, 0.1) is 0 Å². The lowest BCUT2D eigenvalue weighted by Gasteiger charge is -2.07. The highest BCUT2D eigenvalue weighted by Gasteiger charge is 2.18. The van der Waals surface area contributed by atoms with Gasteiger partial charge in [0, 0.05) is 52.0 Å². The summed E-state index contributed by atoms with van der Waals surface area (Å²) in [4.78, 5) is 3.65. The van der Waals surface area contributed by atoms with E-state index in [0.29, 0.717) is 0 Å². The van der Waals surface area contributed by atoms with Crippen LogP contribution in [-0.4, -0.2) is 4.98 Å². The van der Waals surface area contributed by atoms with Crippen LogP contribution in [0.5, 0.6) is 0 Å². The molecule has 128 valence electrons. The molecule has 6 rings (SSSR count). The Hall–Kier alpha value is -2.62. The van der Waals surface area contributed by atoms with E-state index in [4.69, 9.17) is 0 Å². The summed E-state index contributed by atoms with van der Waals surface area (Å²) in [6.45, 7) is 0. The molecule has 3 heteroatoms. The third-order valence-corrected chi connectivity index (χ3v) is 6.95. The predicted octanol–water partition coefficient (Wildman–Crippen LogP) is 8.12. The van der Waals surface area contributed by atoms with Crippen molar-refractivity contribution < 1.29 is 0 Å². The first-order chi connectivity index (χ1) is 13.3. The van der Waals surface area contributed by atoms with E-state index in [0.717, 1.165) is 4.47 Å². The van der Waals surface area contributed by atoms with E-state index < -0.39 is 0 Å². The summed E-state index contributed by atoms with van der Waals surface area (Å²) < 4.78 is 3.80. The van der Waals surface area contributed by atoms with Gasteiger partial charge in [0.1, 0.15) is 0 Å². The fraction of sp³-hybridized carbons (Fsp3) is 0. The molecule has 0 saturated heterocycles. The Kier molecular flexibility index (Phi) is 3.25. The van der Waals surface area contributed by atoms with Crippen LogP contribution in [0.25, 0.3) is 53.1 Å². The number of aromatic nitrogens is 1. The van der Waals surface area contributed by atoms with E-state index in [9.17, 15) is 0 Å². The van der Waals surface area contributed by atoms with E-state index >= 15 is 0 Å². The molecule has 2 aromatic heterocycles. The maximum atomic E-state index is 3.65. The van der Waals surface area contributed by atoms with E-state index in [1.165, 1.54) is 53.1 Å². The number of halogens is 1. The van der Waals surface area contributed by atoms with Crippen LogP contribution in [-0.2, 0) is 0 Å². The van der Waals surface area contributed by atoms with E-state index in [1.54, 1.807) is 0 Å². The second kappa shape index (κ2) is 5.69. The van der Waals surface area contributed by atoms with Gasteiger partial charge < -0.3 is 4.98 Å². The molecule has 4 aromatic carbocycles. The highest BCUT2D eigenvalue weighted by atomic mass is 79.9. The molecule has 27 heavy (non-hydrogen) atoms.